The molecule has 0 bridgehead atoms. The molecular weight excluding hydrogens is 163 g/mol. The van der Waals surface area contributed by atoms with Crippen LogP contribution in [-0.2, 0) is 9.59 Å². The summed E-state index contributed by atoms with van der Waals surface area (Å²) < 4.78 is 16.0. The second kappa shape index (κ2) is 3.61. The van der Waals surface area contributed by atoms with E-state index in [0.29, 0.717) is 0 Å². The van der Waals surface area contributed by atoms with Gasteiger partial charge in [-0.1, -0.05) is 18.2 Å². The molecule has 0 aliphatic carbocycles. The highest BCUT2D eigenvalue weighted by Gasteiger charge is 2.14. The summed E-state index contributed by atoms with van der Waals surface area (Å²) in [5.41, 5.74) is 0. The highest BCUT2D eigenvalue weighted by molar-refractivity contribution is 6.29. The minimum atomic E-state index is -2.10. The molecule has 0 heterocycles. The molecule has 0 N–H and O–H groups in total. The minimum Gasteiger partial charge on any atom is -0.419 e. The maximum atomic E-state index is 11.7. The lowest BCUT2D eigenvalue weighted by atomic mass is 10.3. The number of esters is 1. The van der Waals surface area contributed by atoms with Crippen molar-refractivity contribution in [3.05, 3.63) is 30.3 Å². The van der Waals surface area contributed by atoms with Crippen molar-refractivity contribution in [3.8, 4) is 5.75 Å². The van der Waals surface area contributed by atoms with E-state index in [1.54, 1.807) is 18.2 Å². The van der Waals surface area contributed by atoms with E-state index < -0.39 is 12.0 Å². The number of para-hydroxylation sites is 1. The van der Waals surface area contributed by atoms with Gasteiger partial charge in [-0.2, -0.15) is 4.39 Å². The van der Waals surface area contributed by atoms with E-state index in [-0.39, 0.29) is 5.75 Å². The Morgan fingerprint density at radius 2 is 1.75 bits per heavy atom. The van der Waals surface area contributed by atoms with E-state index in [9.17, 15) is 14.0 Å². The molecule has 1 aromatic rings. The van der Waals surface area contributed by atoms with Crippen molar-refractivity contribution in [1.29, 1.82) is 0 Å². The van der Waals surface area contributed by atoms with Gasteiger partial charge < -0.3 is 4.74 Å². The predicted molar refractivity (Wildman–Crippen MR) is 38.2 cm³/mol. The largest absolute Gasteiger partial charge is 0.419 e. The number of carbonyl (C=O) groups is 2. The van der Waals surface area contributed by atoms with Gasteiger partial charge in [-0.15, -0.1) is 0 Å². The molecule has 0 saturated heterocycles. The zero-order valence-electron chi connectivity index (χ0n) is 5.99. The molecule has 0 aliphatic rings. The molecule has 0 aromatic heterocycles. The number of rotatable bonds is 2. The molecule has 4 heteroatoms. The van der Waals surface area contributed by atoms with Crippen LogP contribution in [0.1, 0.15) is 0 Å². The first-order valence-corrected chi connectivity index (χ1v) is 3.17. The van der Waals surface area contributed by atoms with Gasteiger partial charge in [0.25, 0.3) is 0 Å². The summed E-state index contributed by atoms with van der Waals surface area (Å²) in [6.07, 6.45) is 0. The van der Waals surface area contributed by atoms with E-state index in [0.717, 1.165) is 0 Å². The summed E-state index contributed by atoms with van der Waals surface area (Å²) in [5, 5.41) is 0. The van der Waals surface area contributed by atoms with Gasteiger partial charge in [-0.05, 0) is 12.1 Å². The monoisotopic (exact) mass is 168 g/mol. The fraction of sp³-hybridized carbons (Fsp3) is 0. The summed E-state index contributed by atoms with van der Waals surface area (Å²) in [4.78, 5) is 20.2. The smallest absolute Gasteiger partial charge is 0.414 e. The molecule has 0 atom stereocenters. The van der Waals surface area contributed by atoms with Gasteiger partial charge in [-0.3, -0.25) is 0 Å². The summed E-state index contributed by atoms with van der Waals surface area (Å²) in [7, 11) is 0. The number of ether oxygens (including phenoxy) is 1. The SMILES string of the molecule is O=C(F)C(=O)Oc1ccccc1. The Labute approximate surface area is 67.8 Å². The standard InChI is InChI=1S/C8H5FO3/c9-7(10)8(11)12-6-4-2-1-3-5-6/h1-5H. The van der Waals surface area contributed by atoms with Crippen LogP contribution in [0, 0.1) is 0 Å². The minimum absolute atomic E-state index is 0.147. The van der Waals surface area contributed by atoms with Gasteiger partial charge in [0, 0.05) is 0 Å². The average molecular weight is 168 g/mol. The molecular formula is C8H5FO3. The predicted octanol–water partition coefficient (Wildman–Crippen LogP) is 1.09. The molecule has 1 aromatic carbocycles. The van der Waals surface area contributed by atoms with Crippen molar-refractivity contribution in [2.45, 2.75) is 0 Å². The number of halogens is 1. The van der Waals surface area contributed by atoms with E-state index in [2.05, 4.69) is 4.74 Å². The highest BCUT2D eigenvalue weighted by atomic mass is 19.1. The Hall–Kier alpha value is -1.71. The Bertz CT molecular complexity index is 294. The molecule has 0 amide bonds. The van der Waals surface area contributed by atoms with Crippen molar-refractivity contribution in [2.75, 3.05) is 0 Å². The quantitative estimate of drug-likeness (QED) is 0.287. The second-order valence-corrected chi connectivity index (χ2v) is 1.98. The normalized spacial score (nSPS) is 9.08. The summed E-state index contributed by atoms with van der Waals surface area (Å²) >= 11 is 0. The first-order valence-electron chi connectivity index (χ1n) is 3.17. The second-order valence-electron chi connectivity index (χ2n) is 1.98. The zero-order valence-corrected chi connectivity index (χ0v) is 5.99. The van der Waals surface area contributed by atoms with Gasteiger partial charge in [0.05, 0.1) is 0 Å². The van der Waals surface area contributed by atoms with Crippen LogP contribution < -0.4 is 4.74 Å². The number of carbonyl (C=O) groups excluding carboxylic acids is 2. The molecule has 0 unspecified atom stereocenters. The van der Waals surface area contributed by atoms with Gasteiger partial charge in [0.15, 0.2) is 0 Å². The van der Waals surface area contributed by atoms with Crippen LogP contribution >= 0.6 is 0 Å². The van der Waals surface area contributed by atoms with Gasteiger partial charge in [-0.25, -0.2) is 9.59 Å². The molecule has 62 valence electrons. The van der Waals surface area contributed by atoms with Crippen molar-refractivity contribution in [2.24, 2.45) is 0 Å². The Kier molecular flexibility index (Phi) is 2.53. The first kappa shape index (κ1) is 8.39. The lowest BCUT2D eigenvalue weighted by molar-refractivity contribution is -0.153. The molecule has 0 radical (unpaired) electrons. The average Bonchev–Trinajstić information content (AvgIpc) is 2.06. The third-order valence-electron chi connectivity index (χ3n) is 1.11. The van der Waals surface area contributed by atoms with Crippen LogP contribution in [-0.4, -0.2) is 12.0 Å². The maximum Gasteiger partial charge on any atom is 0.414 e. The van der Waals surface area contributed by atoms with Gasteiger partial charge >= 0.3 is 12.0 Å². The number of hydrogen-bond donors (Lipinski definition) is 0. The van der Waals surface area contributed by atoms with Crippen LogP contribution in [0.15, 0.2) is 30.3 Å². The van der Waals surface area contributed by atoms with Crippen molar-refractivity contribution in [1.82, 2.24) is 0 Å². The highest BCUT2D eigenvalue weighted by Crippen LogP contribution is 2.08. The van der Waals surface area contributed by atoms with Crippen LogP contribution in [0.5, 0.6) is 5.75 Å². The van der Waals surface area contributed by atoms with Crippen molar-refractivity contribution < 1.29 is 18.7 Å². The molecule has 1 rings (SSSR count). The van der Waals surface area contributed by atoms with E-state index in [4.69, 9.17) is 0 Å². The molecule has 0 saturated carbocycles. The lowest BCUT2D eigenvalue weighted by Gasteiger charge is -1.97. The number of benzene rings is 1. The lowest BCUT2D eigenvalue weighted by Crippen LogP contribution is -2.15. The first-order chi connectivity index (χ1) is 5.70. The van der Waals surface area contributed by atoms with Crippen LogP contribution in [0.4, 0.5) is 4.39 Å². The number of hydrogen-bond acceptors (Lipinski definition) is 3. The van der Waals surface area contributed by atoms with Crippen LogP contribution in [0.3, 0.4) is 0 Å². The van der Waals surface area contributed by atoms with E-state index in [1.807, 2.05) is 0 Å². The maximum absolute atomic E-state index is 11.7. The molecule has 0 aliphatic heterocycles. The topological polar surface area (TPSA) is 43.4 Å². The summed E-state index contributed by atoms with van der Waals surface area (Å²) in [5.74, 6) is -1.35. The third kappa shape index (κ3) is 2.16. The zero-order chi connectivity index (χ0) is 8.97. The van der Waals surface area contributed by atoms with Crippen LogP contribution in [0.25, 0.3) is 0 Å². The fourth-order valence-electron chi connectivity index (χ4n) is 0.636. The van der Waals surface area contributed by atoms with E-state index >= 15 is 0 Å². The van der Waals surface area contributed by atoms with Crippen molar-refractivity contribution >= 4 is 12.0 Å². The van der Waals surface area contributed by atoms with Crippen molar-refractivity contribution in [3.63, 3.8) is 0 Å². The Morgan fingerprint density at radius 1 is 1.17 bits per heavy atom. The molecule has 0 fully saturated rings. The summed E-state index contributed by atoms with van der Waals surface area (Å²) in [6, 6.07) is 5.70. The third-order valence-corrected chi connectivity index (χ3v) is 1.11. The van der Waals surface area contributed by atoms with Gasteiger partial charge in [0.2, 0.25) is 0 Å². The summed E-state index contributed by atoms with van der Waals surface area (Å²) in [6.45, 7) is 0. The Morgan fingerprint density at radius 3 is 2.25 bits per heavy atom. The molecule has 3 nitrogen and oxygen atoms in total. The molecule has 0 spiro atoms. The van der Waals surface area contributed by atoms with Crippen LogP contribution in [0.2, 0.25) is 0 Å². The van der Waals surface area contributed by atoms with E-state index in [1.165, 1.54) is 12.1 Å². The van der Waals surface area contributed by atoms with Gasteiger partial charge in [0.1, 0.15) is 5.75 Å². The fourth-order valence-corrected chi connectivity index (χ4v) is 0.636. The Balaban J connectivity index is 2.65. The molecule has 12 heavy (non-hydrogen) atoms.